The summed E-state index contributed by atoms with van der Waals surface area (Å²) in [5.41, 5.74) is 0.502. The summed E-state index contributed by atoms with van der Waals surface area (Å²) in [6.07, 6.45) is 1.69. The molecule has 0 atom stereocenters. The third kappa shape index (κ3) is 3.68. The zero-order valence-corrected chi connectivity index (χ0v) is 16.3. The number of nitrogens with zero attached hydrogens (tertiary/aromatic N) is 3. The van der Waals surface area contributed by atoms with Gasteiger partial charge in [0.25, 0.3) is 0 Å². The van der Waals surface area contributed by atoms with E-state index in [2.05, 4.69) is 5.16 Å². The topological polar surface area (TPSA) is 101 Å². The maximum atomic E-state index is 12.7. The van der Waals surface area contributed by atoms with Crippen molar-refractivity contribution in [2.45, 2.75) is 36.1 Å². The zero-order chi connectivity index (χ0) is 18.9. The van der Waals surface area contributed by atoms with Crippen LogP contribution in [0, 0.1) is 6.92 Å². The molecule has 1 aromatic heterocycles. The molecule has 3 rings (SSSR count). The predicted molar refractivity (Wildman–Crippen MR) is 94.3 cm³/mol. The SMILES string of the molecule is Cc1cc(CN(C)S(=O)(=O)c2ccc(S(=O)(=O)N3CCCC3)cc2)no1. The maximum Gasteiger partial charge on any atom is 0.243 e. The second-order valence-electron chi connectivity index (χ2n) is 6.27. The lowest BCUT2D eigenvalue weighted by molar-refractivity contribution is 0.378. The Kier molecular flexibility index (Phi) is 5.20. The molecule has 2 heterocycles. The van der Waals surface area contributed by atoms with E-state index in [0.717, 1.165) is 17.1 Å². The van der Waals surface area contributed by atoms with Crippen molar-refractivity contribution in [1.82, 2.24) is 13.8 Å². The molecule has 26 heavy (non-hydrogen) atoms. The fourth-order valence-corrected chi connectivity index (χ4v) is 5.51. The second kappa shape index (κ2) is 7.10. The van der Waals surface area contributed by atoms with Gasteiger partial charge in [-0.2, -0.15) is 8.61 Å². The molecular weight excluding hydrogens is 378 g/mol. The Balaban J connectivity index is 1.80. The van der Waals surface area contributed by atoms with Gasteiger partial charge in [-0.25, -0.2) is 16.8 Å². The van der Waals surface area contributed by atoms with Crippen LogP contribution in [0.1, 0.15) is 24.3 Å². The lowest BCUT2D eigenvalue weighted by Crippen LogP contribution is -2.28. The van der Waals surface area contributed by atoms with Crippen LogP contribution < -0.4 is 0 Å². The van der Waals surface area contributed by atoms with Crippen molar-refractivity contribution in [2.24, 2.45) is 0 Å². The third-order valence-corrected chi connectivity index (χ3v) is 8.03. The van der Waals surface area contributed by atoms with E-state index in [0.29, 0.717) is 24.5 Å². The van der Waals surface area contributed by atoms with Gasteiger partial charge in [0.05, 0.1) is 22.0 Å². The molecule has 0 N–H and O–H groups in total. The minimum absolute atomic E-state index is 0.0283. The molecule has 10 heteroatoms. The van der Waals surface area contributed by atoms with Crippen LogP contribution in [0.2, 0.25) is 0 Å². The summed E-state index contributed by atoms with van der Waals surface area (Å²) in [4.78, 5) is 0.133. The first-order valence-electron chi connectivity index (χ1n) is 8.20. The molecule has 0 bridgehead atoms. The van der Waals surface area contributed by atoms with Crippen molar-refractivity contribution in [3.63, 3.8) is 0 Å². The lowest BCUT2D eigenvalue weighted by Gasteiger charge is -2.17. The van der Waals surface area contributed by atoms with Crippen LogP contribution in [0.3, 0.4) is 0 Å². The Morgan fingerprint density at radius 3 is 2.19 bits per heavy atom. The van der Waals surface area contributed by atoms with Crippen LogP contribution in [-0.2, 0) is 26.6 Å². The Morgan fingerprint density at radius 2 is 1.65 bits per heavy atom. The molecule has 0 saturated carbocycles. The molecule has 0 aliphatic carbocycles. The standard InChI is InChI=1S/C16H21N3O5S2/c1-13-11-14(17-24-13)12-18(2)25(20,21)15-5-7-16(8-6-15)26(22,23)19-9-3-4-10-19/h5-8,11H,3-4,9-10,12H2,1-2H3. The number of hydrogen-bond acceptors (Lipinski definition) is 6. The van der Waals surface area contributed by atoms with Crippen molar-refractivity contribution in [1.29, 1.82) is 0 Å². The Labute approximate surface area is 153 Å². The van der Waals surface area contributed by atoms with E-state index in [1.165, 1.54) is 35.6 Å². The normalized spacial score (nSPS) is 16.4. The molecule has 2 aromatic rings. The first-order chi connectivity index (χ1) is 12.2. The van der Waals surface area contributed by atoms with Crippen molar-refractivity contribution in [2.75, 3.05) is 20.1 Å². The molecule has 0 amide bonds. The highest BCUT2D eigenvalue weighted by atomic mass is 32.2. The van der Waals surface area contributed by atoms with E-state index in [1.54, 1.807) is 13.0 Å². The largest absolute Gasteiger partial charge is 0.361 e. The van der Waals surface area contributed by atoms with Crippen molar-refractivity contribution < 1.29 is 21.4 Å². The number of hydrogen-bond donors (Lipinski definition) is 0. The number of rotatable bonds is 6. The van der Waals surface area contributed by atoms with E-state index in [1.807, 2.05) is 0 Å². The summed E-state index contributed by atoms with van der Waals surface area (Å²) in [5, 5.41) is 3.79. The Hall–Kier alpha value is -1.75. The average Bonchev–Trinajstić information content (AvgIpc) is 3.27. The highest BCUT2D eigenvalue weighted by Crippen LogP contribution is 2.23. The number of aromatic nitrogens is 1. The molecule has 1 fully saturated rings. The summed E-state index contributed by atoms with van der Waals surface area (Å²) < 4.78 is 57.9. The van der Waals surface area contributed by atoms with E-state index < -0.39 is 20.0 Å². The minimum atomic E-state index is -3.77. The van der Waals surface area contributed by atoms with Gasteiger partial charge in [-0.3, -0.25) is 0 Å². The number of aryl methyl sites for hydroxylation is 1. The fraction of sp³-hybridized carbons (Fsp3) is 0.438. The summed E-state index contributed by atoms with van der Waals surface area (Å²) in [6, 6.07) is 6.99. The molecule has 0 radical (unpaired) electrons. The van der Waals surface area contributed by atoms with Gasteiger partial charge in [0.2, 0.25) is 20.0 Å². The Morgan fingerprint density at radius 1 is 1.08 bits per heavy atom. The van der Waals surface area contributed by atoms with E-state index in [9.17, 15) is 16.8 Å². The molecule has 1 aliphatic rings. The lowest BCUT2D eigenvalue weighted by atomic mass is 10.4. The van der Waals surface area contributed by atoms with Gasteiger partial charge in [-0.15, -0.1) is 0 Å². The van der Waals surface area contributed by atoms with Gasteiger partial charge in [0, 0.05) is 26.2 Å². The summed E-state index contributed by atoms with van der Waals surface area (Å²) in [7, 11) is -5.89. The van der Waals surface area contributed by atoms with Gasteiger partial charge in [0.15, 0.2) is 0 Å². The quantitative estimate of drug-likeness (QED) is 0.731. The third-order valence-electron chi connectivity index (χ3n) is 4.30. The predicted octanol–water partition coefficient (Wildman–Crippen LogP) is 1.59. The van der Waals surface area contributed by atoms with E-state index in [4.69, 9.17) is 4.52 Å². The maximum absolute atomic E-state index is 12.7. The van der Waals surface area contributed by atoms with Gasteiger partial charge < -0.3 is 4.52 Å². The van der Waals surface area contributed by atoms with Gasteiger partial charge in [0.1, 0.15) is 5.76 Å². The van der Waals surface area contributed by atoms with Crippen LogP contribution in [0.25, 0.3) is 0 Å². The summed E-state index contributed by atoms with van der Waals surface area (Å²) in [5.74, 6) is 0.599. The van der Waals surface area contributed by atoms with Crippen molar-refractivity contribution >= 4 is 20.0 Å². The van der Waals surface area contributed by atoms with Crippen LogP contribution in [0.15, 0.2) is 44.6 Å². The molecule has 1 aromatic carbocycles. The van der Waals surface area contributed by atoms with Gasteiger partial charge in [-0.05, 0) is 44.0 Å². The highest BCUT2D eigenvalue weighted by Gasteiger charge is 2.28. The van der Waals surface area contributed by atoms with E-state index >= 15 is 0 Å². The molecule has 1 saturated heterocycles. The van der Waals surface area contributed by atoms with Crippen molar-refractivity contribution in [3.8, 4) is 0 Å². The molecule has 0 spiro atoms. The second-order valence-corrected chi connectivity index (χ2v) is 10.3. The fourth-order valence-electron chi connectivity index (χ4n) is 2.85. The summed E-state index contributed by atoms with van der Waals surface area (Å²) in [6.45, 7) is 2.79. The van der Waals surface area contributed by atoms with Crippen molar-refractivity contribution in [3.05, 3.63) is 41.8 Å². The smallest absolute Gasteiger partial charge is 0.243 e. The van der Waals surface area contributed by atoms with Crippen LogP contribution in [0.4, 0.5) is 0 Å². The first kappa shape index (κ1) is 19.0. The number of benzene rings is 1. The molecular formula is C16H21N3O5S2. The monoisotopic (exact) mass is 399 g/mol. The average molecular weight is 399 g/mol. The van der Waals surface area contributed by atoms with Crippen LogP contribution >= 0.6 is 0 Å². The first-order valence-corrected chi connectivity index (χ1v) is 11.1. The minimum Gasteiger partial charge on any atom is -0.361 e. The van der Waals surface area contributed by atoms with Crippen LogP contribution in [-0.4, -0.2) is 50.7 Å². The van der Waals surface area contributed by atoms with E-state index in [-0.39, 0.29) is 16.3 Å². The molecule has 142 valence electrons. The highest BCUT2D eigenvalue weighted by molar-refractivity contribution is 7.89. The van der Waals surface area contributed by atoms with Gasteiger partial charge in [-0.1, -0.05) is 5.16 Å². The van der Waals surface area contributed by atoms with Gasteiger partial charge >= 0.3 is 0 Å². The molecule has 1 aliphatic heterocycles. The number of sulfonamides is 2. The molecule has 8 nitrogen and oxygen atoms in total. The zero-order valence-electron chi connectivity index (χ0n) is 14.6. The molecule has 0 unspecified atom stereocenters. The Bertz CT molecular complexity index is 975. The van der Waals surface area contributed by atoms with Crippen LogP contribution in [0.5, 0.6) is 0 Å². The summed E-state index contributed by atoms with van der Waals surface area (Å²) >= 11 is 0.